The first kappa shape index (κ1) is 19.7. The summed E-state index contributed by atoms with van der Waals surface area (Å²) in [5.41, 5.74) is 1.05. The fourth-order valence-corrected chi connectivity index (χ4v) is 3.27. The van der Waals surface area contributed by atoms with Gasteiger partial charge in [-0.15, -0.1) is 0 Å². The lowest BCUT2D eigenvalue weighted by molar-refractivity contribution is -0.142. The second kappa shape index (κ2) is 9.75. The lowest BCUT2D eigenvalue weighted by atomic mass is 9.84. The van der Waals surface area contributed by atoms with Crippen LogP contribution in [0.4, 0.5) is 0 Å². The molecule has 0 heterocycles. The smallest absolute Gasteiger partial charge is 0.226 e. The van der Waals surface area contributed by atoms with Gasteiger partial charge in [0.15, 0.2) is 0 Å². The topological polar surface area (TPSA) is 68.2 Å². The van der Waals surface area contributed by atoms with Crippen LogP contribution >= 0.6 is 0 Å². The van der Waals surface area contributed by atoms with Gasteiger partial charge in [0, 0.05) is 33.2 Å². The maximum absolute atomic E-state index is 13.0. The summed E-state index contributed by atoms with van der Waals surface area (Å²) >= 11 is 0. The van der Waals surface area contributed by atoms with E-state index in [1.165, 1.54) is 0 Å². The summed E-state index contributed by atoms with van der Waals surface area (Å²) in [6, 6.07) is 7.72. The van der Waals surface area contributed by atoms with E-state index < -0.39 is 6.10 Å². The van der Waals surface area contributed by atoms with Crippen LogP contribution in [0.5, 0.6) is 5.75 Å². The maximum atomic E-state index is 13.0. The van der Waals surface area contributed by atoms with Crippen LogP contribution in [0.3, 0.4) is 0 Å². The van der Waals surface area contributed by atoms with E-state index in [0.29, 0.717) is 39.0 Å². The molecule has 0 aromatic heterocycles. The quantitative estimate of drug-likeness (QED) is 0.774. The number of aliphatic hydroxyl groups excluding tert-OH is 1. The molecule has 1 amide bonds. The van der Waals surface area contributed by atoms with Crippen LogP contribution in [0.1, 0.15) is 24.8 Å². The van der Waals surface area contributed by atoms with Gasteiger partial charge in [0.25, 0.3) is 0 Å². The Balaban J connectivity index is 2.05. The van der Waals surface area contributed by atoms with Gasteiger partial charge in [-0.1, -0.05) is 12.1 Å². The highest BCUT2D eigenvalue weighted by Gasteiger charge is 2.34. The zero-order chi connectivity index (χ0) is 18.2. The molecule has 0 saturated heterocycles. The Morgan fingerprint density at radius 3 is 2.52 bits per heavy atom. The number of nitrogens with zero attached hydrogens (tertiary/aromatic N) is 1. The minimum atomic E-state index is -0.483. The van der Waals surface area contributed by atoms with Crippen molar-refractivity contribution in [2.24, 2.45) is 5.92 Å². The van der Waals surface area contributed by atoms with Gasteiger partial charge >= 0.3 is 0 Å². The Bertz CT molecular complexity index is 533. The average molecular weight is 351 g/mol. The summed E-state index contributed by atoms with van der Waals surface area (Å²) < 4.78 is 15.7. The monoisotopic (exact) mass is 351 g/mol. The lowest BCUT2D eigenvalue weighted by Crippen LogP contribution is -2.44. The lowest BCUT2D eigenvalue weighted by Gasteiger charge is -2.34. The van der Waals surface area contributed by atoms with Gasteiger partial charge in [-0.25, -0.2) is 0 Å². The summed E-state index contributed by atoms with van der Waals surface area (Å²) in [6.45, 7) is 1.56. The number of aliphatic hydroxyl groups is 1. The van der Waals surface area contributed by atoms with Gasteiger partial charge in [-0.05, 0) is 37.0 Å². The molecule has 3 atom stereocenters. The summed E-state index contributed by atoms with van der Waals surface area (Å²) in [5.74, 6) is 0.771. The Labute approximate surface area is 149 Å². The van der Waals surface area contributed by atoms with Gasteiger partial charge < -0.3 is 24.2 Å². The Morgan fingerprint density at radius 1 is 1.20 bits per heavy atom. The summed E-state index contributed by atoms with van der Waals surface area (Å²) in [6.07, 6.45) is 1.08. The number of hydrogen-bond acceptors (Lipinski definition) is 5. The van der Waals surface area contributed by atoms with Crippen molar-refractivity contribution in [3.63, 3.8) is 0 Å². The van der Waals surface area contributed by atoms with Crippen molar-refractivity contribution in [1.29, 1.82) is 0 Å². The van der Waals surface area contributed by atoms with Gasteiger partial charge in [0.05, 0.1) is 25.9 Å². The maximum Gasteiger partial charge on any atom is 0.226 e. The van der Waals surface area contributed by atoms with Crippen molar-refractivity contribution in [1.82, 2.24) is 4.90 Å². The third-order valence-electron chi connectivity index (χ3n) is 4.82. The highest BCUT2D eigenvalue weighted by molar-refractivity contribution is 5.79. The summed E-state index contributed by atoms with van der Waals surface area (Å²) in [5, 5.41) is 9.95. The molecule has 6 nitrogen and oxygen atoms in total. The van der Waals surface area contributed by atoms with Crippen molar-refractivity contribution in [2.45, 2.75) is 38.0 Å². The van der Waals surface area contributed by atoms with E-state index in [4.69, 9.17) is 14.2 Å². The molecule has 2 rings (SSSR count). The molecule has 0 aliphatic heterocycles. The van der Waals surface area contributed by atoms with Crippen LogP contribution < -0.4 is 4.74 Å². The van der Waals surface area contributed by atoms with Crippen LogP contribution in [0.25, 0.3) is 0 Å². The van der Waals surface area contributed by atoms with Crippen LogP contribution in [0.15, 0.2) is 24.3 Å². The van der Waals surface area contributed by atoms with Crippen molar-refractivity contribution in [3.05, 3.63) is 29.8 Å². The predicted octanol–water partition coefficient (Wildman–Crippen LogP) is 1.85. The van der Waals surface area contributed by atoms with Gasteiger partial charge in [-0.3, -0.25) is 4.79 Å². The van der Waals surface area contributed by atoms with E-state index in [1.54, 1.807) is 21.3 Å². The molecule has 1 aromatic rings. The highest BCUT2D eigenvalue weighted by atomic mass is 16.5. The summed E-state index contributed by atoms with van der Waals surface area (Å²) in [4.78, 5) is 14.8. The minimum Gasteiger partial charge on any atom is -0.497 e. The van der Waals surface area contributed by atoms with Crippen molar-refractivity contribution in [2.75, 3.05) is 34.5 Å². The molecule has 0 radical (unpaired) electrons. The van der Waals surface area contributed by atoms with E-state index >= 15 is 0 Å². The van der Waals surface area contributed by atoms with Crippen LogP contribution in [0, 0.1) is 5.92 Å². The number of methoxy groups -OCH3 is 3. The standard InChI is InChI=1S/C19H29NO5/c1-23-11-10-20(13-14-4-7-16(24-2)8-5-14)19(22)15-6-9-17(21)18(12-15)25-3/h4-5,7-8,15,17-18,21H,6,9-13H2,1-3H3/t15-,17+,18-/m1/s1. The molecular formula is C19H29NO5. The predicted molar refractivity (Wildman–Crippen MR) is 94.4 cm³/mol. The van der Waals surface area contributed by atoms with E-state index in [9.17, 15) is 9.90 Å². The second-order valence-corrected chi connectivity index (χ2v) is 6.45. The number of amides is 1. The van der Waals surface area contributed by atoms with Crippen molar-refractivity contribution in [3.8, 4) is 5.75 Å². The van der Waals surface area contributed by atoms with E-state index in [-0.39, 0.29) is 17.9 Å². The number of carbonyl (C=O) groups is 1. The number of hydrogen-bond donors (Lipinski definition) is 1. The highest BCUT2D eigenvalue weighted by Crippen LogP contribution is 2.28. The van der Waals surface area contributed by atoms with Crippen molar-refractivity contribution < 1.29 is 24.1 Å². The molecule has 25 heavy (non-hydrogen) atoms. The molecule has 1 fully saturated rings. The fraction of sp³-hybridized carbons (Fsp3) is 0.632. The first-order chi connectivity index (χ1) is 12.1. The van der Waals surface area contributed by atoms with Gasteiger partial charge in [0.2, 0.25) is 5.91 Å². The molecule has 1 aliphatic rings. The normalized spacial score (nSPS) is 23.3. The molecule has 1 N–H and O–H groups in total. The first-order valence-electron chi connectivity index (χ1n) is 8.70. The minimum absolute atomic E-state index is 0.0989. The Hall–Kier alpha value is -1.63. The molecular weight excluding hydrogens is 322 g/mol. The van der Waals surface area contributed by atoms with Crippen molar-refractivity contribution >= 4 is 5.91 Å². The largest absolute Gasteiger partial charge is 0.497 e. The Kier molecular flexibility index (Phi) is 7.68. The molecule has 1 aliphatic carbocycles. The van der Waals surface area contributed by atoms with E-state index in [1.807, 2.05) is 29.2 Å². The zero-order valence-corrected chi connectivity index (χ0v) is 15.3. The molecule has 1 aromatic carbocycles. The molecule has 0 bridgehead atoms. The van der Waals surface area contributed by atoms with Crippen LogP contribution in [0.2, 0.25) is 0 Å². The van der Waals surface area contributed by atoms with Crippen LogP contribution in [-0.2, 0) is 20.8 Å². The number of rotatable bonds is 8. The summed E-state index contributed by atoms with van der Waals surface area (Å²) in [7, 11) is 4.85. The molecule has 140 valence electrons. The second-order valence-electron chi connectivity index (χ2n) is 6.45. The van der Waals surface area contributed by atoms with E-state index in [0.717, 1.165) is 11.3 Å². The molecule has 1 saturated carbocycles. The molecule has 0 unspecified atom stereocenters. The van der Waals surface area contributed by atoms with Gasteiger partial charge in [-0.2, -0.15) is 0 Å². The van der Waals surface area contributed by atoms with Gasteiger partial charge in [0.1, 0.15) is 5.75 Å². The third kappa shape index (κ3) is 5.42. The average Bonchev–Trinajstić information content (AvgIpc) is 2.65. The zero-order valence-electron chi connectivity index (χ0n) is 15.3. The number of ether oxygens (including phenoxy) is 3. The third-order valence-corrected chi connectivity index (χ3v) is 4.82. The molecule has 0 spiro atoms. The number of carbonyl (C=O) groups excluding carboxylic acids is 1. The number of benzene rings is 1. The first-order valence-corrected chi connectivity index (χ1v) is 8.70. The molecule has 6 heteroatoms. The van der Waals surface area contributed by atoms with Crippen LogP contribution in [-0.4, -0.2) is 62.6 Å². The van der Waals surface area contributed by atoms with E-state index in [2.05, 4.69) is 0 Å². The Morgan fingerprint density at radius 2 is 1.92 bits per heavy atom. The SMILES string of the molecule is COCCN(Cc1ccc(OC)cc1)C(=O)[C@@H]1CC[C@H](O)[C@H](OC)C1. The fourth-order valence-electron chi connectivity index (χ4n) is 3.27.